The van der Waals surface area contributed by atoms with Gasteiger partial charge in [-0.2, -0.15) is 0 Å². The molecule has 1 aromatic carbocycles. The molecule has 0 amide bonds. The van der Waals surface area contributed by atoms with E-state index >= 15 is 0 Å². The van der Waals surface area contributed by atoms with E-state index in [2.05, 4.69) is 30.4 Å². The van der Waals surface area contributed by atoms with Crippen LogP contribution in [0, 0.1) is 0 Å². The maximum absolute atomic E-state index is 5.82. The number of ether oxygens (including phenoxy) is 1. The van der Waals surface area contributed by atoms with Gasteiger partial charge in [0.15, 0.2) is 0 Å². The van der Waals surface area contributed by atoms with Crippen LogP contribution < -0.4 is 10.1 Å². The molecule has 0 saturated heterocycles. The van der Waals surface area contributed by atoms with Crippen molar-refractivity contribution >= 4 is 11.3 Å². The molecular weight excluding hydrogens is 280 g/mol. The predicted molar refractivity (Wildman–Crippen MR) is 85.2 cm³/mol. The summed E-state index contributed by atoms with van der Waals surface area (Å²) in [5.41, 5.74) is 2.61. The Morgan fingerprint density at radius 2 is 2.29 bits per heavy atom. The lowest BCUT2D eigenvalue weighted by atomic mass is 9.98. The van der Waals surface area contributed by atoms with Crippen molar-refractivity contribution in [1.82, 2.24) is 10.3 Å². The Balaban J connectivity index is 1.69. The zero-order valence-electron chi connectivity index (χ0n) is 12.3. The van der Waals surface area contributed by atoms with Crippen LogP contribution in [0.25, 0.3) is 0 Å². The van der Waals surface area contributed by atoms with Gasteiger partial charge < -0.3 is 10.1 Å². The van der Waals surface area contributed by atoms with Crippen LogP contribution in [0.5, 0.6) is 5.75 Å². The zero-order valence-corrected chi connectivity index (χ0v) is 13.1. The third kappa shape index (κ3) is 2.27. The zero-order chi connectivity index (χ0) is 14.2. The fourth-order valence-electron chi connectivity index (χ4n) is 3.40. The lowest BCUT2D eigenvalue weighted by Crippen LogP contribution is -2.23. The molecule has 0 bridgehead atoms. The molecule has 2 atom stereocenters. The van der Waals surface area contributed by atoms with Gasteiger partial charge in [0.1, 0.15) is 17.4 Å². The summed E-state index contributed by atoms with van der Waals surface area (Å²) < 4.78 is 5.82. The Hall–Kier alpha value is -1.39. The minimum Gasteiger partial charge on any atom is -0.492 e. The standard InChI is InChI=1S/C17H20N2OS/c1-2-18-13-7-5-8-14-16(13)21-17(19-14)12-10-20-15-9-4-3-6-11(12)15/h3-4,6,9,12-13,18H,2,5,7-8,10H2,1H3. The highest BCUT2D eigenvalue weighted by Gasteiger charge is 2.31. The van der Waals surface area contributed by atoms with Crippen LogP contribution in [0.2, 0.25) is 0 Å². The Labute approximate surface area is 129 Å². The number of fused-ring (bicyclic) bond motifs is 2. The molecule has 2 heterocycles. The number of hydrogen-bond acceptors (Lipinski definition) is 4. The highest BCUT2D eigenvalue weighted by Crippen LogP contribution is 2.42. The predicted octanol–water partition coefficient (Wildman–Crippen LogP) is 3.65. The van der Waals surface area contributed by atoms with Crippen molar-refractivity contribution in [2.75, 3.05) is 13.2 Å². The van der Waals surface area contributed by atoms with E-state index in [-0.39, 0.29) is 0 Å². The van der Waals surface area contributed by atoms with E-state index < -0.39 is 0 Å². The van der Waals surface area contributed by atoms with Crippen LogP contribution in [0.4, 0.5) is 0 Å². The lowest BCUT2D eigenvalue weighted by molar-refractivity contribution is 0.343. The molecule has 1 aliphatic heterocycles. The van der Waals surface area contributed by atoms with Gasteiger partial charge in [0.05, 0.1) is 11.6 Å². The SMILES string of the molecule is CCNC1CCCc2nc(C3COc4ccccc43)sc21. The maximum Gasteiger partial charge on any atom is 0.123 e. The third-order valence-electron chi connectivity index (χ3n) is 4.42. The van der Waals surface area contributed by atoms with Crippen LogP contribution >= 0.6 is 11.3 Å². The van der Waals surface area contributed by atoms with Crippen molar-refractivity contribution in [3.05, 3.63) is 45.4 Å². The highest BCUT2D eigenvalue weighted by atomic mass is 32.1. The van der Waals surface area contributed by atoms with Gasteiger partial charge in [-0.25, -0.2) is 4.98 Å². The molecule has 0 spiro atoms. The summed E-state index contributed by atoms with van der Waals surface area (Å²) >= 11 is 1.89. The van der Waals surface area contributed by atoms with Gasteiger partial charge in [0.2, 0.25) is 0 Å². The number of aromatic nitrogens is 1. The lowest BCUT2D eigenvalue weighted by Gasteiger charge is -2.21. The summed E-state index contributed by atoms with van der Waals surface area (Å²) in [5.74, 6) is 1.35. The molecule has 4 rings (SSSR count). The Morgan fingerprint density at radius 1 is 1.38 bits per heavy atom. The van der Waals surface area contributed by atoms with E-state index in [1.807, 2.05) is 17.4 Å². The molecule has 1 aromatic heterocycles. The van der Waals surface area contributed by atoms with Crippen molar-refractivity contribution < 1.29 is 4.74 Å². The fourth-order valence-corrected chi connectivity index (χ4v) is 4.72. The van der Waals surface area contributed by atoms with Crippen LogP contribution in [-0.4, -0.2) is 18.1 Å². The molecule has 110 valence electrons. The molecule has 4 heteroatoms. The monoisotopic (exact) mass is 300 g/mol. The summed E-state index contributed by atoms with van der Waals surface area (Å²) in [6, 6.07) is 8.87. The van der Waals surface area contributed by atoms with Crippen molar-refractivity contribution in [3.63, 3.8) is 0 Å². The van der Waals surface area contributed by atoms with E-state index in [1.54, 1.807) is 0 Å². The van der Waals surface area contributed by atoms with E-state index in [1.165, 1.54) is 34.0 Å². The third-order valence-corrected chi connectivity index (χ3v) is 5.74. The number of para-hydroxylation sites is 1. The van der Waals surface area contributed by atoms with Crippen LogP contribution in [0.3, 0.4) is 0 Å². The number of nitrogens with zero attached hydrogens (tertiary/aromatic N) is 1. The first-order chi connectivity index (χ1) is 10.4. The van der Waals surface area contributed by atoms with Crippen LogP contribution in [-0.2, 0) is 6.42 Å². The molecular formula is C17H20N2OS. The summed E-state index contributed by atoms with van der Waals surface area (Å²) in [6.07, 6.45) is 3.61. The first-order valence-electron chi connectivity index (χ1n) is 7.81. The van der Waals surface area contributed by atoms with Crippen molar-refractivity contribution in [2.45, 2.75) is 38.1 Å². The van der Waals surface area contributed by atoms with E-state index in [0.717, 1.165) is 25.3 Å². The number of thiazole rings is 1. The number of nitrogens with one attached hydrogen (secondary N) is 1. The van der Waals surface area contributed by atoms with Crippen molar-refractivity contribution in [2.24, 2.45) is 0 Å². The maximum atomic E-state index is 5.82. The van der Waals surface area contributed by atoms with Crippen LogP contribution in [0.15, 0.2) is 24.3 Å². The van der Waals surface area contributed by atoms with Gasteiger partial charge in [-0.1, -0.05) is 25.1 Å². The molecule has 1 N–H and O–H groups in total. The Bertz CT molecular complexity index is 652. The second kappa shape index (κ2) is 5.43. The average Bonchev–Trinajstić information content (AvgIpc) is 3.11. The number of aryl methyl sites for hydroxylation is 1. The summed E-state index contributed by atoms with van der Waals surface area (Å²) in [6.45, 7) is 3.93. The summed E-state index contributed by atoms with van der Waals surface area (Å²) in [4.78, 5) is 6.42. The minimum absolute atomic E-state index is 0.319. The number of hydrogen-bond donors (Lipinski definition) is 1. The first kappa shape index (κ1) is 13.3. The highest BCUT2D eigenvalue weighted by molar-refractivity contribution is 7.12. The second-order valence-electron chi connectivity index (χ2n) is 5.77. The summed E-state index contributed by atoms with van der Waals surface area (Å²) in [5, 5.41) is 4.83. The molecule has 1 aliphatic carbocycles. The molecule has 2 aliphatic rings. The van der Waals surface area contributed by atoms with Crippen LogP contribution in [0.1, 0.15) is 52.9 Å². The van der Waals surface area contributed by atoms with E-state index in [9.17, 15) is 0 Å². The summed E-state index contributed by atoms with van der Waals surface area (Å²) in [7, 11) is 0. The van der Waals surface area contributed by atoms with Gasteiger partial charge in [0.25, 0.3) is 0 Å². The van der Waals surface area contributed by atoms with Crippen molar-refractivity contribution in [3.8, 4) is 5.75 Å². The molecule has 2 aromatic rings. The van der Waals surface area contributed by atoms with Gasteiger partial charge in [0, 0.05) is 16.5 Å². The molecule has 0 radical (unpaired) electrons. The van der Waals surface area contributed by atoms with E-state index in [4.69, 9.17) is 9.72 Å². The smallest absolute Gasteiger partial charge is 0.123 e. The van der Waals surface area contributed by atoms with Gasteiger partial charge in [-0.15, -0.1) is 11.3 Å². The Morgan fingerprint density at radius 3 is 3.19 bits per heavy atom. The van der Waals surface area contributed by atoms with Crippen molar-refractivity contribution in [1.29, 1.82) is 0 Å². The van der Waals surface area contributed by atoms with E-state index in [0.29, 0.717) is 12.0 Å². The average molecular weight is 300 g/mol. The first-order valence-corrected chi connectivity index (χ1v) is 8.63. The normalized spacial score (nSPS) is 23.5. The molecule has 2 unspecified atom stereocenters. The van der Waals surface area contributed by atoms with Gasteiger partial charge in [-0.3, -0.25) is 0 Å². The van der Waals surface area contributed by atoms with Gasteiger partial charge in [-0.05, 0) is 31.9 Å². The molecule has 3 nitrogen and oxygen atoms in total. The molecule has 0 saturated carbocycles. The fraction of sp³-hybridized carbons (Fsp3) is 0.471. The molecule has 21 heavy (non-hydrogen) atoms. The topological polar surface area (TPSA) is 34.2 Å². The van der Waals surface area contributed by atoms with Gasteiger partial charge >= 0.3 is 0 Å². The minimum atomic E-state index is 0.319. The number of benzene rings is 1. The Kier molecular flexibility index (Phi) is 3.43. The molecule has 0 fully saturated rings. The largest absolute Gasteiger partial charge is 0.492 e. The quantitative estimate of drug-likeness (QED) is 0.939. The second-order valence-corrected chi connectivity index (χ2v) is 6.83. The number of rotatable bonds is 3.